The van der Waals surface area contributed by atoms with Gasteiger partial charge in [-0.3, -0.25) is 4.79 Å². The van der Waals surface area contributed by atoms with Crippen LogP contribution in [-0.4, -0.2) is 38.3 Å². The predicted octanol–water partition coefficient (Wildman–Crippen LogP) is -0.791. The number of hydrogen-bond acceptors (Lipinski definition) is 4. The molecule has 0 bridgehead atoms. The van der Waals surface area contributed by atoms with Crippen molar-refractivity contribution in [1.29, 1.82) is 0 Å². The van der Waals surface area contributed by atoms with Crippen LogP contribution >= 0.6 is 0 Å². The standard InChI is InChI=1S/C10H14N2O3/c13-10(8-5-14-1-2-15-8)12-9-6-3-11-4-7(6)9/h5-7,9,11H,1-4H2,(H,12,13). The van der Waals surface area contributed by atoms with Crippen LogP contribution in [0.4, 0.5) is 0 Å². The smallest absolute Gasteiger partial charge is 0.289 e. The molecule has 1 aliphatic carbocycles. The first kappa shape index (κ1) is 9.03. The minimum atomic E-state index is -0.144. The van der Waals surface area contributed by atoms with Crippen LogP contribution in [0.25, 0.3) is 0 Å². The number of carbonyl (C=O) groups is 1. The summed E-state index contributed by atoms with van der Waals surface area (Å²) in [7, 11) is 0. The third-order valence-corrected chi connectivity index (χ3v) is 3.26. The summed E-state index contributed by atoms with van der Waals surface area (Å²) in [4.78, 5) is 11.7. The van der Waals surface area contributed by atoms with E-state index < -0.39 is 0 Å². The fraction of sp³-hybridized carbons (Fsp3) is 0.700. The zero-order valence-corrected chi connectivity index (χ0v) is 8.36. The molecule has 2 unspecified atom stereocenters. The molecule has 1 saturated heterocycles. The van der Waals surface area contributed by atoms with Crippen LogP contribution in [0.2, 0.25) is 0 Å². The summed E-state index contributed by atoms with van der Waals surface area (Å²) < 4.78 is 10.2. The minimum absolute atomic E-state index is 0.144. The normalized spacial score (nSPS) is 37.1. The van der Waals surface area contributed by atoms with Crippen molar-refractivity contribution in [3.05, 3.63) is 12.0 Å². The van der Waals surface area contributed by atoms with Gasteiger partial charge in [0.2, 0.25) is 5.76 Å². The Bertz CT molecular complexity index is 306. The zero-order chi connectivity index (χ0) is 10.3. The molecule has 5 heteroatoms. The largest absolute Gasteiger partial charge is 0.494 e. The van der Waals surface area contributed by atoms with E-state index in [2.05, 4.69) is 10.6 Å². The lowest BCUT2D eigenvalue weighted by Crippen LogP contribution is -2.34. The van der Waals surface area contributed by atoms with Gasteiger partial charge in [0, 0.05) is 19.1 Å². The van der Waals surface area contributed by atoms with Crippen molar-refractivity contribution in [2.75, 3.05) is 26.3 Å². The van der Waals surface area contributed by atoms with Gasteiger partial charge in [-0.05, 0) is 11.8 Å². The molecule has 0 aromatic heterocycles. The van der Waals surface area contributed by atoms with Crippen molar-refractivity contribution in [1.82, 2.24) is 10.6 Å². The molecule has 82 valence electrons. The van der Waals surface area contributed by atoms with Gasteiger partial charge in [0.1, 0.15) is 19.5 Å². The van der Waals surface area contributed by atoms with E-state index in [0.29, 0.717) is 36.9 Å². The predicted molar refractivity (Wildman–Crippen MR) is 51.8 cm³/mol. The summed E-state index contributed by atoms with van der Waals surface area (Å²) in [6, 6.07) is 0.338. The maximum Gasteiger partial charge on any atom is 0.289 e. The maximum atomic E-state index is 11.7. The quantitative estimate of drug-likeness (QED) is 0.627. The second kappa shape index (κ2) is 3.41. The molecule has 2 fully saturated rings. The number of piperidine rings is 1. The number of ether oxygens (including phenoxy) is 2. The maximum absolute atomic E-state index is 11.7. The third kappa shape index (κ3) is 1.56. The molecular formula is C10H14N2O3. The Balaban J connectivity index is 1.55. The van der Waals surface area contributed by atoms with Crippen LogP contribution < -0.4 is 10.6 Å². The van der Waals surface area contributed by atoms with E-state index in [9.17, 15) is 4.79 Å². The van der Waals surface area contributed by atoms with Crippen molar-refractivity contribution in [3.8, 4) is 0 Å². The molecule has 3 aliphatic rings. The number of fused-ring (bicyclic) bond motifs is 1. The molecule has 2 aliphatic heterocycles. The lowest BCUT2D eigenvalue weighted by atomic mass is 10.4. The van der Waals surface area contributed by atoms with Gasteiger partial charge in [0.25, 0.3) is 5.91 Å². The highest BCUT2D eigenvalue weighted by Crippen LogP contribution is 2.41. The van der Waals surface area contributed by atoms with Gasteiger partial charge >= 0.3 is 0 Å². The van der Waals surface area contributed by atoms with Crippen LogP contribution in [0.5, 0.6) is 0 Å². The summed E-state index contributed by atoms with van der Waals surface area (Å²) in [5.74, 6) is 1.41. The fourth-order valence-electron chi connectivity index (χ4n) is 2.34. The van der Waals surface area contributed by atoms with Gasteiger partial charge in [-0.1, -0.05) is 0 Å². The van der Waals surface area contributed by atoms with Crippen molar-refractivity contribution >= 4 is 5.91 Å². The Morgan fingerprint density at radius 3 is 2.87 bits per heavy atom. The Kier molecular flexibility index (Phi) is 2.05. The van der Waals surface area contributed by atoms with E-state index in [4.69, 9.17) is 9.47 Å². The van der Waals surface area contributed by atoms with E-state index >= 15 is 0 Å². The highest BCUT2D eigenvalue weighted by molar-refractivity contribution is 5.91. The van der Waals surface area contributed by atoms with Crippen molar-refractivity contribution in [2.45, 2.75) is 6.04 Å². The first-order valence-corrected chi connectivity index (χ1v) is 5.32. The lowest BCUT2D eigenvalue weighted by molar-refractivity contribution is -0.122. The van der Waals surface area contributed by atoms with Crippen molar-refractivity contribution in [3.63, 3.8) is 0 Å². The Labute approximate surface area is 87.8 Å². The molecule has 0 spiro atoms. The van der Waals surface area contributed by atoms with Gasteiger partial charge in [-0.2, -0.15) is 0 Å². The van der Waals surface area contributed by atoms with E-state index in [-0.39, 0.29) is 5.91 Å². The molecule has 1 amide bonds. The molecule has 2 N–H and O–H groups in total. The molecule has 2 heterocycles. The van der Waals surface area contributed by atoms with Crippen molar-refractivity contribution in [2.24, 2.45) is 11.8 Å². The molecular weight excluding hydrogens is 196 g/mol. The molecule has 0 aromatic carbocycles. The highest BCUT2D eigenvalue weighted by Gasteiger charge is 2.53. The monoisotopic (exact) mass is 210 g/mol. The minimum Gasteiger partial charge on any atom is -0.494 e. The second-order valence-corrected chi connectivity index (χ2v) is 4.19. The molecule has 0 aromatic rings. The SMILES string of the molecule is O=C(NC1C2CNCC21)C1=COCCO1. The third-order valence-electron chi connectivity index (χ3n) is 3.26. The summed E-state index contributed by atoms with van der Waals surface area (Å²) in [6.07, 6.45) is 1.40. The fourth-order valence-corrected chi connectivity index (χ4v) is 2.34. The Hall–Kier alpha value is -1.23. The summed E-state index contributed by atoms with van der Waals surface area (Å²) in [5, 5.41) is 6.26. The lowest BCUT2D eigenvalue weighted by Gasteiger charge is -2.15. The number of nitrogens with one attached hydrogen (secondary N) is 2. The van der Waals surface area contributed by atoms with E-state index in [1.165, 1.54) is 6.26 Å². The summed E-state index contributed by atoms with van der Waals surface area (Å²) >= 11 is 0. The molecule has 3 rings (SSSR count). The van der Waals surface area contributed by atoms with Crippen LogP contribution in [0.1, 0.15) is 0 Å². The first-order valence-electron chi connectivity index (χ1n) is 5.32. The van der Waals surface area contributed by atoms with Gasteiger partial charge < -0.3 is 20.1 Å². The Morgan fingerprint density at radius 1 is 1.40 bits per heavy atom. The molecule has 0 radical (unpaired) electrons. The van der Waals surface area contributed by atoms with Gasteiger partial charge in [-0.15, -0.1) is 0 Å². The number of hydrogen-bond donors (Lipinski definition) is 2. The zero-order valence-electron chi connectivity index (χ0n) is 8.36. The number of carbonyl (C=O) groups excluding carboxylic acids is 1. The van der Waals surface area contributed by atoms with Crippen LogP contribution in [-0.2, 0) is 14.3 Å². The molecule has 5 nitrogen and oxygen atoms in total. The number of rotatable bonds is 2. The van der Waals surface area contributed by atoms with Gasteiger partial charge in [-0.25, -0.2) is 0 Å². The van der Waals surface area contributed by atoms with Gasteiger partial charge in [0.05, 0.1) is 0 Å². The van der Waals surface area contributed by atoms with E-state index in [1.54, 1.807) is 0 Å². The number of amides is 1. The Morgan fingerprint density at radius 2 is 2.20 bits per heavy atom. The van der Waals surface area contributed by atoms with Crippen molar-refractivity contribution < 1.29 is 14.3 Å². The molecule has 1 saturated carbocycles. The second-order valence-electron chi connectivity index (χ2n) is 4.19. The molecule has 2 atom stereocenters. The highest BCUT2D eigenvalue weighted by atomic mass is 16.6. The summed E-state index contributed by atoms with van der Waals surface area (Å²) in [5.41, 5.74) is 0. The van der Waals surface area contributed by atoms with Crippen LogP contribution in [0, 0.1) is 11.8 Å². The van der Waals surface area contributed by atoms with E-state index in [0.717, 1.165) is 13.1 Å². The summed E-state index contributed by atoms with van der Waals surface area (Å²) in [6.45, 7) is 3.02. The van der Waals surface area contributed by atoms with Crippen LogP contribution in [0.3, 0.4) is 0 Å². The topological polar surface area (TPSA) is 59.6 Å². The van der Waals surface area contributed by atoms with Crippen LogP contribution in [0.15, 0.2) is 12.0 Å². The first-order chi connectivity index (χ1) is 7.36. The average Bonchev–Trinajstić information content (AvgIpc) is 2.75. The average molecular weight is 210 g/mol. The van der Waals surface area contributed by atoms with E-state index in [1.807, 2.05) is 0 Å². The van der Waals surface area contributed by atoms with Gasteiger partial charge in [0.15, 0.2) is 0 Å². The molecule has 15 heavy (non-hydrogen) atoms.